The van der Waals surface area contributed by atoms with Crippen LogP contribution in [0.2, 0.25) is 10.0 Å². The molecule has 0 bridgehead atoms. The average Bonchev–Trinajstić information content (AvgIpc) is 3.36. The summed E-state index contributed by atoms with van der Waals surface area (Å²) in [5.74, 6) is 0.427. The fourth-order valence-corrected chi connectivity index (χ4v) is 4.83. The minimum absolute atomic E-state index is 0.118. The monoisotopic (exact) mass is 572 g/mol. The van der Waals surface area contributed by atoms with Crippen molar-refractivity contribution < 1.29 is 19.4 Å². The summed E-state index contributed by atoms with van der Waals surface area (Å²) in [7, 11) is 1.64. The van der Waals surface area contributed by atoms with Crippen LogP contribution in [-0.4, -0.2) is 28.0 Å². The highest BCUT2D eigenvalue weighted by atomic mass is 35.5. The van der Waals surface area contributed by atoms with E-state index in [1.807, 2.05) is 89.6 Å². The Morgan fingerprint density at radius 3 is 2.40 bits per heavy atom. The van der Waals surface area contributed by atoms with Gasteiger partial charge >= 0.3 is 5.97 Å². The van der Waals surface area contributed by atoms with Crippen LogP contribution in [0.5, 0.6) is 11.5 Å². The maximum atomic E-state index is 11.5. The van der Waals surface area contributed by atoms with Gasteiger partial charge in [-0.25, -0.2) is 0 Å². The molecule has 40 heavy (non-hydrogen) atoms. The van der Waals surface area contributed by atoms with Gasteiger partial charge in [0.2, 0.25) is 0 Å². The first kappa shape index (κ1) is 27.3. The fraction of sp³-hybridized carbons (Fsp3) is 0.125. The van der Waals surface area contributed by atoms with Crippen LogP contribution < -0.4 is 9.47 Å². The van der Waals surface area contributed by atoms with Gasteiger partial charge in [-0.05, 0) is 65.2 Å². The van der Waals surface area contributed by atoms with Crippen LogP contribution in [0, 0.1) is 0 Å². The van der Waals surface area contributed by atoms with Gasteiger partial charge in [-0.1, -0.05) is 71.7 Å². The normalized spacial score (nSPS) is 10.9. The van der Waals surface area contributed by atoms with Crippen LogP contribution in [0.25, 0.3) is 22.5 Å². The number of benzene rings is 4. The first-order valence-corrected chi connectivity index (χ1v) is 13.3. The summed E-state index contributed by atoms with van der Waals surface area (Å²) in [4.78, 5) is 11.5. The lowest BCUT2D eigenvalue weighted by Crippen LogP contribution is -2.06. The van der Waals surface area contributed by atoms with E-state index in [4.69, 9.17) is 37.8 Å². The second-order valence-electron chi connectivity index (χ2n) is 9.21. The summed E-state index contributed by atoms with van der Waals surface area (Å²) in [6.07, 6.45) is -0.118. The molecule has 8 heteroatoms. The van der Waals surface area contributed by atoms with E-state index in [-0.39, 0.29) is 13.0 Å². The number of hydrogen-bond acceptors (Lipinski definition) is 4. The summed E-state index contributed by atoms with van der Waals surface area (Å²) >= 11 is 12.3. The van der Waals surface area contributed by atoms with Crippen LogP contribution in [0.3, 0.4) is 0 Å². The quantitative estimate of drug-likeness (QED) is 0.185. The van der Waals surface area contributed by atoms with Gasteiger partial charge in [0.15, 0.2) is 0 Å². The van der Waals surface area contributed by atoms with E-state index in [1.165, 1.54) is 0 Å². The zero-order chi connectivity index (χ0) is 28.1. The summed E-state index contributed by atoms with van der Waals surface area (Å²) in [6, 6.07) is 30.2. The second kappa shape index (κ2) is 12.3. The topological polar surface area (TPSA) is 73.6 Å². The molecular weight excluding hydrogens is 547 g/mol. The van der Waals surface area contributed by atoms with Gasteiger partial charge in [0.25, 0.3) is 0 Å². The number of nitrogens with zero attached hydrogens (tertiary/aromatic N) is 2. The Hall–Kier alpha value is -4.26. The maximum Gasteiger partial charge on any atom is 0.307 e. The largest absolute Gasteiger partial charge is 0.496 e. The molecule has 4 aromatic carbocycles. The van der Waals surface area contributed by atoms with Gasteiger partial charge < -0.3 is 14.6 Å². The SMILES string of the molecule is COc1ccccc1Cn1nc(-c2cc(CC(=O)O)ccc2OCc2cccc(Cl)c2)cc1-c1ccc(Cl)cc1. The molecule has 6 nitrogen and oxygen atoms in total. The van der Waals surface area contributed by atoms with E-state index in [2.05, 4.69) is 0 Å². The summed E-state index contributed by atoms with van der Waals surface area (Å²) < 4.78 is 13.7. The molecule has 0 aliphatic heterocycles. The molecule has 5 aromatic rings. The lowest BCUT2D eigenvalue weighted by Gasteiger charge is -2.12. The average molecular weight is 573 g/mol. The van der Waals surface area contributed by atoms with E-state index < -0.39 is 5.97 Å². The number of carbonyl (C=O) groups is 1. The zero-order valence-corrected chi connectivity index (χ0v) is 23.2. The van der Waals surface area contributed by atoms with E-state index in [0.717, 1.165) is 28.1 Å². The number of methoxy groups -OCH3 is 1. The van der Waals surface area contributed by atoms with E-state index in [1.54, 1.807) is 19.2 Å². The molecule has 0 saturated heterocycles. The van der Waals surface area contributed by atoms with E-state index in [9.17, 15) is 9.90 Å². The molecule has 0 amide bonds. The number of rotatable bonds is 10. The Morgan fingerprint density at radius 2 is 1.65 bits per heavy atom. The van der Waals surface area contributed by atoms with E-state index in [0.29, 0.717) is 39.2 Å². The third-order valence-corrected chi connectivity index (χ3v) is 6.88. The number of ether oxygens (including phenoxy) is 2. The molecule has 0 fully saturated rings. The van der Waals surface area contributed by atoms with Crippen LogP contribution in [-0.2, 0) is 24.4 Å². The number of hydrogen-bond donors (Lipinski definition) is 1. The number of carboxylic acid groups (broad SMARTS) is 1. The highest BCUT2D eigenvalue weighted by Gasteiger charge is 2.18. The van der Waals surface area contributed by atoms with Crippen molar-refractivity contribution in [3.8, 4) is 34.0 Å². The summed E-state index contributed by atoms with van der Waals surface area (Å²) in [6.45, 7) is 0.743. The predicted octanol–water partition coefficient (Wildman–Crippen LogP) is 7.79. The van der Waals surface area contributed by atoms with Gasteiger partial charge in [-0.2, -0.15) is 5.10 Å². The van der Waals surface area contributed by atoms with Crippen LogP contribution >= 0.6 is 23.2 Å². The second-order valence-corrected chi connectivity index (χ2v) is 10.1. The molecule has 202 valence electrons. The number of halogens is 2. The van der Waals surface area contributed by atoms with Crippen molar-refractivity contribution in [3.05, 3.63) is 124 Å². The molecule has 1 N–H and O–H groups in total. The number of aromatic nitrogens is 2. The maximum absolute atomic E-state index is 11.5. The molecule has 0 aliphatic carbocycles. The highest BCUT2D eigenvalue weighted by Crippen LogP contribution is 2.35. The first-order chi connectivity index (χ1) is 19.4. The van der Waals surface area contributed by atoms with Crippen molar-refractivity contribution in [2.24, 2.45) is 0 Å². The van der Waals surface area contributed by atoms with Crippen LogP contribution in [0.4, 0.5) is 0 Å². The Morgan fingerprint density at radius 1 is 0.850 bits per heavy atom. The first-order valence-electron chi connectivity index (χ1n) is 12.6. The molecule has 1 aromatic heterocycles. The lowest BCUT2D eigenvalue weighted by molar-refractivity contribution is -0.136. The van der Waals surface area contributed by atoms with Crippen LogP contribution in [0.1, 0.15) is 16.7 Å². The molecule has 0 aliphatic rings. The smallest absolute Gasteiger partial charge is 0.307 e. The van der Waals surface area contributed by atoms with Gasteiger partial charge in [0.1, 0.15) is 18.1 Å². The molecule has 1 heterocycles. The molecule has 5 rings (SSSR count). The highest BCUT2D eigenvalue weighted by molar-refractivity contribution is 6.30. The summed E-state index contributed by atoms with van der Waals surface area (Å²) in [5.41, 5.74) is 5.65. The Kier molecular flexibility index (Phi) is 8.39. The Balaban J connectivity index is 1.59. The van der Waals surface area contributed by atoms with Crippen molar-refractivity contribution in [1.82, 2.24) is 9.78 Å². The van der Waals surface area contributed by atoms with Gasteiger partial charge in [-0.3, -0.25) is 9.48 Å². The lowest BCUT2D eigenvalue weighted by atomic mass is 10.0. The van der Waals surface area contributed by atoms with Gasteiger partial charge in [0.05, 0.1) is 31.5 Å². The van der Waals surface area contributed by atoms with Crippen molar-refractivity contribution in [3.63, 3.8) is 0 Å². The standard InChI is InChI=1S/C32H26Cl2N2O4/c1-39-30-8-3-2-6-24(30)19-36-29(23-10-12-25(33)13-11-23)18-28(35-36)27-16-21(17-32(37)38)9-14-31(27)40-20-22-5-4-7-26(34)15-22/h2-16,18H,17,19-20H2,1H3,(H,37,38). The van der Waals surface area contributed by atoms with Crippen molar-refractivity contribution in [1.29, 1.82) is 0 Å². The van der Waals surface area contributed by atoms with Crippen LogP contribution in [0.15, 0.2) is 97.1 Å². The third kappa shape index (κ3) is 6.47. The molecule has 0 radical (unpaired) electrons. The summed E-state index contributed by atoms with van der Waals surface area (Å²) in [5, 5.41) is 15.7. The van der Waals surface area contributed by atoms with E-state index >= 15 is 0 Å². The number of carboxylic acids is 1. The molecule has 0 saturated carbocycles. The third-order valence-electron chi connectivity index (χ3n) is 6.39. The minimum Gasteiger partial charge on any atom is -0.496 e. The Labute approximate surface area is 242 Å². The molecular formula is C32H26Cl2N2O4. The number of aliphatic carboxylic acids is 1. The molecule has 0 unspecified atom stereocenters. The fourth-order valence-electron chi connectivity index (χ4n) is 4.49. The molecule has 0 atom stereocenters. The van der Waals surface area contributed by atoms with Crippen molar-refractivity contribution in [2.75, 3.05) is 7.11 Å². The van der Waals surface area contributed by atoms with Crippen molar-refractivity contribution >= 4 is 29.2 Å². The molecule has 0 spiro atoms. The Bertz CT molecular complexity index is 1650. The predicted molar refractivity (Wildman–Crippen MR) is 157 cm³/mol. The number of para-hydroxylation sites is 1. The minimum atomic E-state index is -0.915. The van der Waals surface area contributed by atoms with Crippen molar-refractivity contribution in [2.45, 2.75) is 19.6 Å². The zero-order valence-electron chi connectivity index (χ0n) is 21.7. The van der Waals surface area contributed by atoms with Gasteiger partial charge in [-0.15, -0.1) is 0 Å². The van der Waals surface area contributed by atoms with Gasteiger partial charge in [0, 0.05) is 21.2 Å².